The maximum Gasteiger partial charge on any atom is 0.208 e. The molecule has 0 aliphatic carbocycles. The molecule has 1 fully saturated rings. The van der Waals surface area contributed by atoms with Crippen molar-refractivity contribution in [2.24, 2.45) is 0 Å². The summed E-state index contributed by atoms with van der Waals surface area (Å²) in [5.74, 6) is 0. The van der Waals surface area contributed by atoms with E-state index in [4.69, 9.17) is 16.3 Å². The van der Waals surface area contributed by atoms with Crippen LogP contribution in [0, 0.1) is 0 Å². The Kier molecular flexibility index (Phi) is 6.01. The van der Waals surface area contributed by atoms with Crippen molar-refractivity contribution in [2.75, 3.05) is 39.1 Å². The first-order valence-electron chi connectivity index (χ1n) is 6.95. The third kappa shape index (κ3) is 5.92. The number of nitrogens with zero attached hydrogens (tertiary/aromatic N) is 1. The van der Waals surface area contributed by atoms with Gasteiger partial charge in [0, 0.05) is 30.7 Å². The number of morpholine rings is 1. The van der Waals surface area contributed by atoms with Crippen LogP contribution in [0.3, 0.4) is 0 Å². The lowest BCUT2D eigenvalue weighted by atomic mass is 10.1. The largest absolute Gasteiger partial charge is 0.378 e. The van der Waals surface area contributed by atoms with Crippen molar-refractivity contribution in [1.82, 2.24) is 9.62 Å². The Balaban J connectivity index is 1.89. The number of benzene rings is 1. The van der Waals surface area contributed by atoms with Gasteiger partial charge in [-0.05, 0) is 24.1 Å². The number of hydrogen-bond acceptors (Lipinski definition) is 4. The molecule has 0 radical (unpaired) electrons. The fourth-order valence-corrected chi connectivity index (χ4v) is 3.09. The molecule has 0 saturated carbocycles. The average molecular weight is 333 g/mol. The molecular weight excluding hydrogens is 312 g/mol. The van der Waals surface area contributed by atoms with Gasteiger partial charge < -0.3 is 4.74 Å². The first-order chi connectivity index (χ1) is 9.94. The Morgan fingerprint density at radius 3 is 3.00 bits per heavy atom. The van der Waals surface area contributed by atoms with Gasteiger partial charge in [0.05, 0.1) is 19.5 Å². The van der Waals surface area contributed by atoms with E-state index in [1.165, 1.54) is 11.8 Å². The summed E-state index contributed by atoms with van der Waals surface area (Å²) in [6.45, 7) is 3.30. The number of hydrogen-bond donors (Lipinski definition) is 1. The molecule has 0 amide bonds. The quantitative estimate of drug-likeness (QED) is 0.848. The molecule has 1 aromatic rings. The van der Waals surface area contributed by atoms with Gasteiger partial charge in [-0.2, -0.15) is 0 Å². The van der Waals surface area contributed by atoms with Gasteiger partial charge in [-0.3, -0.25) is 4.90 Å². The molecule has 21 heavy (non-hydrogen) atoms. The predicted molar refractivity (Wildman–Crippen MR) is 84.2 cm³/mol. The van der Waals surface area contributed by atoms with Crippen LogP contribution in [0.15, 0.2) is 24.3 Å². The van der Waals surface area contributed by atoms with Crippen LogP contribution in [0.25, 0.3) is 0 Å². The molecule has 5 nitrogen and oxygen atoms in total. The molecule has 2 rings (SSSR count). The van der Waals surface area contributed by atoms with Crippen LogP contribution in [-0.2, 0) is 21.2 Å². The Morgan fingerprint density at radius 2 is 2.29 bits per heavy atom. The molecule has 1 saturated heterocycles. The molecule has 1 aliphatic heterocycles. The zero-order chi connectivity index (χ0) is 15.3. The average Bonchev–Trinajstić information content (AvgIpc) is 2.43. The molecule has 0 spiro atoms. The monoisotopic (exact) mass is 332 g/mol. The highest BCUT2D eigenvalue weighted by Crippen LogP contribution is 2.13. The summed E-state index contributed by atoms with van der Waals surface area (Å²) in [5.41, 5.74) is 1.18. The van der Waals surface area contributed by atoms with E-state index in [9.17, 15) is 8.42 Å². The molecule has 1 unspecified atom stereocenters. The van der Waals surface area contributed by atoms with E-state index >= 15 is 0 Å². The lowest BCUT2D eigenvalue weighted by Gasteiger charge is -2.35. The first kappa shape index (κ1) is 16.7. The molecule has 7 heteroatoms. The van der Waals surface area contributed by atoms with E-state index in [1.54, 1.807) is 0 Å². The number of rotatable bonds is 6. The van der Waals surface area contributed by atoms with Crippen molar-refractivity contribution in [2.45, 2.75) is 12.5 Å². The second-order valence-corrected chi connectivity index (χ2v) is 7.53. The number of halogens is 1. The van der Waals surface area contributed by atoms with Crippen LogP contribution in [0.2, 0.25) is 5.02 Å². The Morgan fingerprint density at radius 1 is 1.48 bits per heavy atom. The summed E-state index contributed by atoms with van der Waals surface area (Å²) in [4.78, 5) is 2.27. The molecule has 1 heterocycles. The first-order valence-corrected chi connectivity index (χ1v) is 9.22. The normalized spacial score (nSPS) is 20.6. The van der Waals surface area contributed by atoms with Gasteiger partial charge in [0.1, 0.15) is 0 Å². The van der Waals surface area contributed by atoms with Crippen molar-refractivity contribution < 1.29 is 13.2 Å². The van der Waals surface area contributed by atoms with Crippen LogP contribution in [0.1, 0.15) is 5.56 Å². The van der Waals surface area contributed by atoms with Gasteiger partial charge >= 0.3 is 0 Å². The summed E-state index contributed by atoms with van der Waals surface area (Å²) in [7, 11) is -3.17. The Bertz CT molecular complexity index is 565. The van der Waals surface area contributed by atoms with Crippen LogP contribution in [0.5, 0.6) is 0 Å². The highest BCUT2D eigenvalue weighted by molar-refractivity contribution is 7.88. The summed E-state index contributed by atoms with van der Waals surface area (Å²) < 4.78 is 30.4. The SMILES string of the molecule is CS(=O)(=O)NCC1COCCN1CCc1cccc(Cl)c1. The van der Waals surface area contributed by atoms with E-state index in [-0.39, 0.29) is 6.04 Å². The van der Waals surface area contributed by atoms with Crippen LogP contribution in [-0.4, -0.2) is 58.5 Å². The third-order valence-corrected chi connectivity index (χ3v) is 4.43. The molecular formula is C14H21ClN2O3S. The predicted octanol–water partition coefficient (Wildman–Crippen LogP) is 1.13. The highest BCUT2D eigenvalue weighted by Gasteiger charge is 2.23. The molecule has 1 atom stereocenters. The van der Waals surface area contributed by atoms with E-state index in [1.807, 2.05) is 18.2 Å². The van der Waals surface area contributed by atoms with Crippen molar-refractivity contribution >= 4 is 21.6 Å². The molecule has 118 valence electrons. The molecule has 1 N–H and O–H groups in total. The van der Waals surface area contributed by atoms with Crippen LogP contribution in [0.4, 0.5) is 0 Å². The van der Waals surface area contributed by atoms with Gasteiger partial charge in [-0.1, -0.05) is 23.7 Å². The third-order valence-electron chi connectivity index (χ3n) is 3.51. The smallest absolute Gasteiger partial charge is 0.208 e. The fraction of sp³-hybridized carbons (Fsp3) is 0.571. The van der Waals surface area contributed by atoms with Crippen LogP contribution >= 0.6 is 11.6 Å². The maximum absolute atomic E-state index is 11.2. The number of nitrogens with one attached hydrogen (secondary N) is 1. The molecule has 0 bridgehead atoms. The zero-order valence-electron chi connectivity index (χ0n) is 12.1. The van der Waals surface area contributed by atoms with Crippen molar-refractivity contribution in [3.63, 3.8) is 0 Å². The highest BCUT2D eigenvalue weighted by atomic mass is 35.5. The van der Waals surface area contributed by atoms with Crippen molar-refractivity contribution in [3.8, 4) is 0 Å². The minimum Gasteiger partial charge on any atom is -0.378 e. The van der Waals surface area contributed by atoms with E-state index < -0.39 is 10.0 Å². The molecule has 1 aliphatic rings. The Labute approximate surface area is 131 Å². The fourth-order valence-electron chi connectivity index (χ4n) is 2.38. The lowest BCUT2D eigenvalue weighted by molar-refractivity contribution is -0.00440. The van der Waals surface area contributed by atoms with Gasteiger partial charge in [0.2, 0.25) is 10.0 Å². The molecule has 0 aromatic heterocycles. The van der Waals surface area contributed by atoms with E-state index in [0.29, 0.717) is 19.8 Å². The second kappa shape index (κ2) is 7.56. The van der Waals surface area contributed by atoms with E-state index in [2.05, 4.69) is 15.7 Å². The second-order valence-electron chi connectivity index (χ2n) is 5.27. The van der Waals surface area contributed by atoms with Gasteiger partial charge in [-0.25, -0.2) is 13.1 Å². The maximum atomic E-state index is 11.2. The Hall–Kier alpha value is -0.660. The van der Waals surface area contributed by atoms with Crippen LogP contribution < -0.4 is 4.72 Å². The zero-order valence-corrected chi connectivity index (χ0v) is 13.7. The number of ether oxygens (including phenoxy) is 1. The minimum absolute atomic E-state index is 0.0765. The molecule has 1 aromatic carbocycles. The minimum atomic E-state index is -3.17. The van der Waals surface area contributed by atoms with Gasteiger partial charge in [0.25, 0.3) is 0 Å². The van der Waals surface area contributed by atoms with Gasteiger partial charge in [0.15, 0.2) is 0 Å². The topological polar surface area (TPSA) is 58.6 Å². The van der Waals surface area contributed by atoms with Crippen molar-refractivity contribution in [3.05, 3.63) is 34.9 Å². The number of sulfonamides is 1. The summed E-state index contributed by atoms with van der Waals surface area (Å²) >= 11 is 5.98. The summed E-state index contributed by atoms with van der Waals surface area (Å²) in [6, 6.07) is 7.90. The summed E-state index contributed by atoms with van der Waals surface area (Å²) in [6.07, 6.45) is 2.06. The van der Waals surface area contributed by atoms with E-state index in [0.717, 1.165) is 24.5 Å². The van der Waals surface area contributed by atoms with Gasteiger partial charge in [-0.15, -0.1) is 0 Å². The van der Waals surface area contributed by atoms with Crippen molar-refractivity contribution in [1.29, 1.82) is 0 Å². The summed E-state index contributed by atoms with van der Waals surface area (Å²) in [5, 5.41) is 0.741. The standard InChI is InChI=1S/C14H21ClN2O3S/c1-21(18,19)16-10-14-11-20-8-7-17(14)6-5-12-3-2-4-13(15)9-12/h2-4,9,14,16H,5-8,10-11H2,1H3. The lowest BCUT2D eigenvalue weighted by Crippen LogP contribution is -2.51.